The Morgan fingerprint density at radius 1 is 0.939 bits per heavy atom. The fraction of sp³-hybridized carbons (Fsp3) is 0.440. The van der Waals surface area contributed by atoms with Gasteiger partial charge in [0.2, 0.25) is 10.0 Å². The molecule has 0 aromatic heterocycles. The molecule has 1 aliphatic heterocycles. The minimum atomic E-state index is -3.64. The Bertz CT molecular complexity index is 1060. The van der Waals surface area contributed by atoms with Gasteiger partial charge in [-0.3, -0.25) is 9.59 Å². The highest BCUT2D eigenvalue weighted by molar-refractivity contribution is 7.89. The number of ether oxygens (including phenoxy) is 1. The van der Waals surface area contributed by atoms with Gasteiger partial charge in [-0.1, -0.05) is 61.4 Å². The molecule has 33 heavy (non-hydrogen) atoms. The first-order chi connectivity index (χ1) is 15.9. The van der Waals surface area contributed by atoms with E-state index in [0.29, 0.717) is 0 Å². The van der Waals surface area contributed by atoms with E-state index in [2.05, 4.69) is 5.32 Å². The second-order valence-corrected chi connectivity index (χ2v) is 10.7. The number of nitrogens with one attached hydrogen (secondary N) is 1. The van der Waals surface area contributed by atoms with E-state index < -0.39 is 21.4 Å². The summed E-state index contributed by atoms with van der Waals surface area (Å²) in [6.07, 6.45) is 4.69. The summed E-state index contributed by atoms with van der Waals surface area (Å²) >= 11 is 0. The van der Waals surface area contributed by atoms with Gasteiger partial charge in [-0.25, -0.2) is 8.42 Å². The highest BCUT2D eigenvalue weighted by Gasteiger charge is 2.46. The van der Waals surface area contributed by atoms with Gasteiger partial charge in [-0.2, -0.15) is 4.31 Å². The van der Waals surface area contributed by atoms with Crippen LogP contribution in [0.1, 0.15) is 44.1 Å². The lowest BCUT2D eigenvalue weighted by Crippen LogP contribution is -2.50. The fourth-order valence-electron chi connectivity index (χ4n) is 4.83. The van der Waals surface area contributed by atoms with Gasteiger partial charge < -0.3 is 10.1 Å². The van der Waals surface area contributed by atoms with Crippen molar-refractivity contribution in [2.75, 3.05) is 19.7 Å². The first-order valence-corrected chi connectivity index (χ1v) is 12.9. The predicted octanol–water partition coefficient (Wildman–Crippen LogP) is 3.01. The minimum absolute atomic E-state index is 0.158. The van der Waals surface area contributed by atoms with E-state index >= 15 is 0 Å². The molecule has 0 radical (unpaired) electrons. The van der Waals surface area contributed by atoms with Crippen LogP contribution in [0.15, 0.2) is 65.6 Å². The molecule has 2 aromatic carbocycles. The summed E-state index contributed by atoms with van der Waals surface area (Å²) in [6.45, 7) is 0.0565. The highest BCUT2D eigenvalue weighted by atomic mass is 32.2. The number of amides is 1. The molecule has 0 spiro atoms. The molecule has 0 bridgehead atoms. The zero-order valence-electron chi connectivity index (χ0n) is 18.6. The summed E-state index contributed by atoms with van der Waals surface area (Å²) < 4.78 is 33.0. The van der Waals surface area contributed by atoms with Crippen molar-refractivity contribution >= 4 is 21.9 Å². The van der Waals surface area contributed by atoms with E-state index in [0.717, 1.165) is 31.2 Å². The summed E-state index contributed by atoms with van der Waals surface area (Å²) in [5.41, 5.74) is -0.208. The van der Waals surface area contributed by atoms with Crippen molar-refractivity contribution in [1.29, 1.82) is 0 Å². The Hall–Kier alpha value is -2.71. The number of esters is 1. The van der Waals surface area contributed by atoms with Crippen molar-refractivity contribution in [3.05, 3.63) is 66.2 Å². The smallest absolute Gasteiger partial charge is 0.317 e. The Kier molecular flexibility index (Phi) is 7.14. The summed E-state index contributed by atoms with van der Waals surface area (Å²) in [6, 6.07) is 17.8. The average Bonchev–Trinajstić information content (AvgIpc) is 3.36. The second kappa shape index (κ2) is 10.1. The van der Waals surface area contributed by atoms with E-state index in [1.54, 1.807) is 30.3 Å². The van der Waals surface area contributed by atoms with Crippen LogP contribution < -0.4 is 5.32 Å². The van der Waals surface area contributed by atoms with E-state index in [1.165, 1.54) is 4.31 Å². The summed E-state index contributed by atoms with van der Waals surface area (Å²) in [7, 11) is -3.64. The Morgan fingerprint density at radius 2 is 1.52 bits per heavy atom. The van der Waals surface area contributed by atoms with Crippen LogP contribution in [-0.2, 0) is 29.8 Å². The van der Waals surface area contributed by atoms with Crippen LogP contribution in [0.5, 0.6) is 0 Å². The molecule has 7 nitrogen and oxygen atoms in total. The maximum absolute atomic E-state index is 13.3. The maximum Gasteiger partial charge on any atom is 0.317 e. The van der Waals surface area contributed by atoms with Gasteiger partial charge in [0.1, 0.15) is 0 Å². The van der Waals surface area contributed by atoms with Crippen LogP contribution in [0.25, 0.3) is 0 Å². The molecule has 176 valence electrons. The number of carbonyl (C=O) groups excluding carboxylic acids is 2. The second-order valence-electron chi connectivity index (χ2n) is 8.79. The molecule has 1 amide bonds. The molecule has 1 saturated heterocycles. The van der Waals surface area contributed by atoms with E-state index in [9.17, 15) is 18.0 Å². The molecule has 0 atom stereocenters. The number of hydrogen-bond acceptors (Lipinski definition) is 5. The third kappa shape index (κ3) is 5.12. The van der Waals surface area contributed by atoms with Crippen molar-refractivity contribution in [3.63, 3.8) is 0 Å². The Balaban J connectivity index is 1.47. The lowest BCUT2D eigenvalue weighted by Gasteiger charge is -2.39. The van der Waals surface area contributed by atoms with Crippen LogP contribution in [0.2, 0.25) is 0 Å². The standard InChI is InChI=1S/C25H30N2O5S/c28-23(26-21-11-7-8-12-21)19-32-24(29)25(20-9-3-1-4-10-20)15-17-27(18-16-25)33(30,31)22-13-5-2-6-14-22/h1-6,9-10,13-14,21H,7-8,11-12,15-19H2,(H,26,28). The number of benzene rings is 2. The number of hydrogen-bond donors (Lipinski definition) is 1. The topological polar surface area (TPSA) is 92.8 Å². The molecular formula is C25H30N2O5S. The third-order valence-electron chi connectivity index (χ3n) is 6.73. The van der Waals surface area contributed by atoms with Crippen LogP contribution in [-0.4, -0.2) is 50.3 Å². The average molecular weight is 471 g/mol. The van der Waals surface area contributed by atoms with Crippen LogP contribution in [0.4, 0.5) is 0 Å². The lowest BCUT2D eigenvalue weighted by atomic mass is 9.73. The van der Waals surface area contributed by atoms with Gasteiger partial charge >= 0.3 is 5.97 Å². The zero-order chi connectivity index (χ0) is 23.3. The molecule has 8 heteroatoms. The largest absolute Gasteiger partial charge is 0.455 e. The minimum Gasteiger partial charge on any atom is -0.455 e. The van der Waals surface area contributed by atoms with Crippen molar-refractivity contribution in [3.8, 4) is 0 Å². The van der Waals surface area contributed by atoms with Crippen LogP contribution >= 0.6 is 0 Å². The van der Waals surface area contributed by atoms with E-state index in [1.807, 2.05) is 30.3 Å². The van der Waals surface area contributed by atoms with Crippen molar-refractivity contribution in [1.82, 2.24) is 9.62 Å². The molecule has 2 aromatic rings. The quantitative estimate of drug-likeness (QED) is 0.628. The molecule has 1 saturated carbocycles. The number of nitrogens with zero attached hydrogens (tertiary/aromatic N) is 1. The van der Waals surface area contributed by atoms with Gasteiger partial charge in [0.25, 0.3) is 5.91 Å². The van der Waals surface area contributed by atoms with Crippen molar-refractivity contribution in [2.24, 2.45) is 0 Å². The van der Waals surface area contributed by atoms with E-state index in [4.69, 9.17) is 4.74 Å². The Labute approximate surface area is 195 Å². The fourth-order valence-corrected chi connectivity index (χ4v) is 6.29. The molecule has 1 N–H and O–H groups in total. The molecule has 1 aliphatic carbocycles. The summed E-state index contributed by atoms with van der Waals surface area (Å²) in [5.74, 6) is -0.769. The molecule has 0 unspecified atom stereocenters. The number of piperidine rings is 1. The predicted molar refractivity (Wildman–Crippen MR) is 124 cm³/mol. The molecule has 2 aliphatic rings. The van der Waals surface area contributed by atoms with Gasteiger partial charge in [0.05, 0.1) is 10.3 Å². The van der Waals surface area contributed by atoms with E-state index in [-0.39, 0.29) is 49.4 Å². The highest BCUT2D eigenvalue weighted by Crippen LogP contribution is 2.38. The molecular weight excluding hydrogens is 440 g/mol. The van der Waals surface area contributed by atoms with Gasteiger partial charge in [-0.05, 0) is 43.4 Å². The number of carbonyl (C=O) groups is 2. The first-order valence-electron chi connectivity index (χ1n) is 11.5. The van der Waals surface area contributed by atoms with Gasteiger partial charge in [0.15, 0.2) is 6.61 Å². The summed E-state index contributed by atoms with van der Waals surface area (Å²) in [5, 5.41) is 2.93. The monoisotopic (exact) mass is 470 g/mol. The van der Waals surface area contributed by atoms with Crippen molar-refractivity contribution < 1.29 is 22.7 Å². The number of sulfonamides is 1. The lowest BCUT2D eigenvalue weighted by molar-refractivity contribution is -0.156. The molecule has 4 rings (SSSR count). The molecule has 2 fully saturated rings. The Morgan fingerprint density at radius 3 is 2.12 bits per heavy atom. The summed E-state index contributed by atoms with van der Waals surface area (Å²) in [4.78, 5) is 25.8. The zero-order valence-corrected chi connectivity index (χ0v) is 19.4. The van der Waals surface area contributed by atoms with Gasteiger partial charge in [0, 0.05) is 19.1 Å². The van der Waals surface area contributed by atoms with Crippen LogP contribution in [0, 0.1) is 0 Å². The van der Waals surface area contributed by atoms with Gasteiger partial charge in [-0.15, -0.1) is 0 Å². The van der Waals surface area contributed by atoms with Crippen molar-refractivity contribution in [2.45, 2.75) is 54.9 Å². The molecule has 1 heterocycles. The number of rotatable bonds is 7. The SMILES string of the molecule is O=C(COC(=O)C1(c2ccccc2)CCN(S(=O)(=O)c2ccccc2)CC1)NC1CCCC1. The normalized spacial score (nSPS) is 19.2. The maximum atomic E-state index is 13.3. The third-order valence-corrected chi connectivity index (χ3v) is 8.64. The van der Waals surface area contributed by atoms with Crippen LogP contribution in [0.3, 0.4) is 0 Å². The first kappa shape index (κ1) is 23.4.